The Morgan fingerprint density at radius 1 is 1.21 bits per heavy atom. The first-order chi connectivity index (χ1) is 13.3. The molecule has 154 valence electrons. The number of carbonyl (C=O) groups is 3. The summed E-state index contributed by atoms with van der Waals surface area (Å²) in [5, 5.41) is 27.3. The molecule has 1 aliphatic rings. The summed E-state index contributed by atoms with van der Waals surface area (Å²) in [5.41, 5.74) is 0.744. The number of carbonyl (C=O) groups excluding carboxylic acids is 2. The summed E-state index contributed by atoms with van der Waals surface area (Å²) in [6.45, 7) is 4.37. The minimum atomic E-state index is -1.10. The van der Waals surface area contributed by atoms with Crippen LogP contribution in [0.5, 0.6) is 5.75 Å². The summed E-state index contributed by atoms with van der Waals surface area (Å²) < 4.78 is 0. The first-order valence-corrected chi connectivity index (χ1v) is 9.66. The molecule has 4 atom stereocenters. The lowest BCUT2D eigenvalue weighted by molar-refractivity contribution is -0.143. The highest BCUT2D eigenvalue weighted by molar-refractivity contribution is 5.92. The monoisotopic (exact) mass is 391 g/mol. The molecule has 0 saturated carbocycles. The van der Waals surface area contributed by atoms with Gasteiger partial charge in [-0.3, -0.25) is 9.59 Å². The van der Waals surface area contributed by atoms with E-state index in [1.54, 1.807) is 19.1 Å². The molecule has 28 heavy (non-hydrogen) atoms. The Bertz CT molecular complexity index is 686. The second-order valence-corrected chi connectivity index (χ2v) is 7.29. The lowest BCUT2D eigenvalue weighted by Gasteiger charge is -2.25. The van der Waals surface area contributed by atoms with Gasteiger partial charge in [0.25, 0.3) is 0 Å². The highest BCUT2D eigenvalue weighted by Gasteiger charge is 2.31. The maximum Gasteiger partial charge on any atom is 0.326 e. The molecule has 0 bridgehead atoms. The third kappa shape index (κ3) is 5.95. The number of rotatable bonds is 9. The van der Waals surface area contributed by atoms with Crippen molar-refractivity contribution in [2.75, 3.05) is 6.54 Å². The Hall–Kier alpha value is -2.61. The summed E-state index contributed by atoms with van der Waals surface area (Å²) in [6, 6.07) is 4.05. The van der Waals surface area contributed by atoms with Crippen LogP contribution < -0.4 is 16.0 Å². The van der Waals surface area contributed by atoms with E-state index in [1.165, 1.54) is 12.1 Å². The fourth-order valence-corrected chi connectivity index (χ4v) is 3.19. The summed E-state index contributed by atoms with van der Waals surface area (Å²) in [4.78, 5) is 36.9. The third-order valence-corrected chi connectivity index (χ3v) is 5.16. The van der Waals surface area contributed by atoms with Crippen molar-refractivity contribution in [3.63, 3.8) is 0 Å². The minimum Gasteiger partial charge on any atom is -0.508 e. The normalized spacial score (nSPS) is 19.4. The number of benzene rings is 1. The molecule has 2 rings (SSSR count). The summed E-state index contributed by atoms with van der Waals surface area (Å²) in [6.07, 6.45) is 2.38. The van der Waals surface area contributed by atoms with Gasteiger partial charge < -0.3 is 26.2 Å². The van der Waals surface area contributed by atoms with Gasteiger partial charge in [0.2, 0.25) is 11.8 Å². The molecule has 5 N–H and O–H groups in total. The van der Waals surface area contributed by atoms with E-state index in [-0.39, 0.29) is 30.0 Å². The Labute approximate surface area is 164 Å². The molecule has 8 heteroatoms. The predicted octanol–water partition coefficient (Wildman–Crippen LogP) is 0.787. The Morgan fingerprint density at radius 2 is 1.89 bits per heavy atom. The molecule has 0 aliphatic carbocycles. The standard InChI is InChI=1S/C20H29N3O5/c1-3-12(2)17(20(27)28)23-19(26)16(11-13-6-8-14(24)9-7-13)22-18(25)15-5-4-10-21-15/h6-9,12,15-17,21,24H,3-5,10-11H2,1-2H3,(H,22,25)(H,23,26)(H,27,28)/t12-,15+,16+,17+/m1/s1. The number of phenolic OH excluding ortho intramolecular Hbond substituents is 1. The summed E-state index contributed by atoms with van der Waals surface area (Å²) >= 11 is 0. The quantitative estimate of drug-likeness (QED) is 0.423. The van der Waals surface area contributed by atoms with Gasteiger partial charge in [0.05, 0.1) is 6.04 Å². The maximum absolute atomic E-state index is 12.8. The molecule has 8 nitrogen and oxygen atoms in total. The van der Waals surface area contributed by atoms with Crippen LogP contribution in [-0.4, -0.2) is 52.7 Å². The SMILES string of the molecule is CC[C@@H](C)[C@H](NC(=O)[C@H](Cc1ccc(O)cc1)NC(=O)[C@@H]1CCCN1)C(=O)O. The van der Waals surface area contributed by atoms with Crippen LogP contribution >= 0.6 is 0 Å². The molecule has 0 spiro atoms. The average Bonchev–Trinajstić information content (AvgIpc) is 3.21. The van der Waals surface area contributed by atoms with Crippen molar-refractivity contribution < 1.29 is 24.6 Å². The van der Waals surface area contributed by atoms with E-state index in [9.17, 15) is 24.6 Å². The molecular weight excluding hydrogens is 362 g/mol. The third-order valence-electron chi connectivity index (χ3n) is 5.16. The molecule has 0 aromatic heterocycles. The van der Waals surface area contributed by atoms with Gasteiger partial charge >= 0.3 is 5.97 Å². The van der Waals surface area contributed by atoms with Crippen molar-refractivity contribution in [3.8, 4) is 5.75 Å². The number of phenols is 1. The Morgan fingerprint density at radius 3 is 2.43 bits per heavy atom. The fourth-order valence-electron chi connectivity index (χ4n) is 3.19. The highest BCUT2D eigenvalue weighted by Crippen LogP contribution is 2.13. The highest BCUT2D eigenvalue weighted by atomic mass is 16.4. The van der Waals surface area contributed by atoms with Gasteiger partial charge in [-0.05, 0) is 43.0 Å². The topological polar surface area (TPSA) is 128 Å². The average molecular weight is 391 g/mol. The van der Waals surface area contributed by atoms with Crippen LogP contribution in [0.4, 0.5) is 0 Å². The number of hydrogen-bond donors (Lipinski definition) is 5. The van der Waals surface area contributed by atoms with Crippen molar-refractivity contribution in [3.05, 3.63) is 29.8 Å². The maximum atomic E-state index is 12.8. The van der Waals surface area contributed by atoms with Crippen molar-refractivity contribution in [2.24, 2.45) is 5.92 Å². The van der Waals surface area contributed by atoms with Crippen molar-refractivity contribution in [1.82, 2.24) is 16.0 Å². The number of amides is 2. The van der Waals surface area contributed by atoms with Gasteiger partial charge in [0, 0.05) is 6.42 Å². The zero-order valence-corrected chi connectivity index (χ0v) is 16.3. The molecule has 1 aromatic rings. The second-order valence-electron chi connectivity index (χ2n) is 7.29. The zero-order chi connectivity index (χ0) is 20.7. The van der Waals surface area contributed by atoms with Crippen LogP contribution in [0.25, 0.3) is 0 Å². The van der Waals surface area contributed by atoms with Gasteiger partial charge in [-0.25, -0.2) is 4.79 Å². The van der Waals surface area contributed by atoms with Crippen LogP contribution in [0.15, 0.2) is 24.3 Å². The molecule has 1 fully saturated rings. The van der Waals surface area contributed by atoms with Crippen molar-refractivity contribution in [2.45, 2.75) is 57.7 Å². The largest absolute Gasteiger partial charge is 0.508 e. The van der Waals surface area contributed by atoms with E-state index in [0.29, 0.717) is 12.8 Å². The van der Waals surface area contributed by atoms with Gasteiger partial charge in [-0.2, -0.15) is 0 Å². The van der Waals surface area contributed by atoms with Crippen LogP contribution in [0.3, 0.4) is 0 Å². The van der Waals surface area contributed by atoms with Gasteiger partial charge in [0.1, 0.15) is 17.8 Å². The summed E-state index contributed by atoms with van der Waals surface area (Å²) in [5.74, 6) is -2.05. The molecular formula is C20H29N3O5. The first kappa shape index (κ1) is 21.7. The lowest BCUT2D eigenvalue weighted by Crippen LogP contribution is -2.56. The first-order valence-electron chi connectivity index (χ1n) is 9.66. The minimum absolute atomic E-state index is 0.103. The van der Waals surface area contributed by atoms with E-state index in [0.717, 1.165) is 18.5 Å². The van der Waals surface area contributed by atoms with Crippen LogP contribution in [0, 0.1) is 5.92 Å². The van der Waals surface area contributed by atoms with Gasteiger partial charge in [-0.15, -0.1) is 0 Å². The molecule has 1 aromatic carbocycles. The van der Waals surface area contributed by atoms with Crippen LogP contribution in [0.1, 0.15) is 38.7 Å². The molecule has 1 saturated heterocycles. The molecule has 1 heterocycles. The van der Waals surface area contributed by atoms with Crippen molar-refractivity contribution >= 4 is 17.8 Å². The van der Waals surface area contributed by atoms with E-state index < -0.39 is 24.0 Å². The number of hydrogen-bond acceptors (Lipinski definition) is 5. The number of carboxylic acid groups (broad SMARTS) is 1. The molecule has 0 radical (unpaired) electrons. The van der Waals surface area contributed by atoms with Crippen LogP contribution in [0.2, 0.25) is 0 Å². The van der Waals surface area contributed by atoms with Gasteiger partial charge in [-0.1, -0.05) is 32.4 Å². The number of aliphatic carboxylic acids is 1. The molecule has 0 unspecified atom stereocenters. The smallest absolute Gasteiger partial charge is 0.326 e. The number of aromatic hydroxyl groups is 1. The van der Waals surface area contributed by atoms with E-state index in [2.05, 4.69) is 16.0 Å². The molecule has 2 amide bonds. The summed E-state index contributed by atoms with van der Waals surface area (Å²) in [7, 11) is 0. The Balaban J connectivity index is 2.14. The lowest BCUT2D eigenvalue weighted by atomic mass is 9.98. The molecule has 1 aliphatic heterocycles. The second kappa shape index (κ2) is 10.1. The number of nitrogens with one attached hydrogen (secondary N) is 3. The Kier molecular flexibility index (Phi) is 7.80. The van der Waals surface area contributed by atoms with Gasteiger partial charge in [0.15, 0.2) is 0 Å². The fraction of sp³-hybridized carbons (Fsp3) is 0.550. The predicted molar refractivity (Wildman–Crippen MR) is 104 cm³/mol. The van der Waals surface area contributed by atoms with E-state index in [4.69, 9.17) is 0 Å². The van der Waals surface area contributed by atoms with E-state index >= 15 is 0 Å². The zero-order valence-electron chi connectivity index (χ0n) is 16.3. The van der Waals surface area contributed by atoms with Crippen LogP contribution in [-0.2, 0) is 20.8 Å². The van der Waals surface area contributed by atoms with Crippen molar-refractivity contribution in [1.29, 1.82) is 0 Å². The number of carboxylic acids is 1. The van der Waals surface area contributed by atoms with E-state index in [1.807, 2.05) is 6.92 Å².